The van der Waals surface area contributed by atoms with Crippen LogP contribution in [-0.2, 0) is 0 Å². The van der Waals surface area contributed by atoms with Crippen LogP contribution in [0.4, 0.5) is 0 Å². The van der Waals surface area contributed by atoms with E-state index < -0.39 is 0 Å². The van der Waals surface area contributed by atoms with Gasteiger partial charge in [0.2, 0.25) is 0 Å². The van der Waals surface area contributed by atoms with Crippen molar-refractivity contribution in [3.05, 3.63) is 48.1 Å². The quantitative estimate of drug-likeness (QED) is 0.681. The number of rotatable bonds is 2. The summed E-state index contributed by atoms with van der Waals surface area (Å²) >= 11 is 0. The molecule has 11 heavy (non-hydrogen) atoms. The number of aliphatic hydroxyl groups is 1. The van der Waals surface area contributed by atoms with E-state index in [1.54, 1.807) is 0 Å². The van der Waals surface area contributed by atoms with E-state index in [1.807, 2.05) is 43.3 Å². The molecule has 57 valence electrons. The third kappa shape index (κ3) is 1.92. The summed E-state index contributed by atoms with van der Waals surface area (Å²) in [6, 6.07) is 7.68. The van der Waals surface area contributed by atoms with Gasteiger partial charge >= 0.3 is 0 Å². The summed E-state index contributed by atoms with van der Waals surface area (Å²) in [4.78, 5) is 0. The van der Waals surface area contributed by atoms with Crippen LogP contribution in [0.3, 0.4) is 0 Å². The second-order valence-electron chi connectivity index (χ2n) is 2.26. The lowest BCUT2D eigenvalue weighted by Crippen LogP contribution is -1.83. The summed E-state index contributed by atoms with van der Waals surface area (Å²) in [5, 5.41) is 8.79. The molecule has 0 aliphatic rings. The van der Waals surface area contributed by atoms with E-state index in [0.29, 0.717) is 0 Å². The van der Waals surface area contributed by atoms with Crippen LogP contribution in [0.5, 0.6) is 0 Å². The standard InChI is InChI=1S/C10H11O/c1-2-5-9-6-3-4-7-10(9)8-11/h2-8,11H,1H3. The average Bonchev–Trinajstić information content (AvgIpc) is 2.06. The number of aliphatic hydroxyl groups excluding tert-OH is 1. The SMILES string of the molecule is CC=Cc1ccccc1[CH]O. The molecule has 1 N–H and O–H groups in total. The van der Waals surface area contributed by atoms with E-state index in [1.165, 1.54) is 0 Å². The largest absolute Gasteiger partial charge is 0.385 e. The molecule has 0 aromatic heterocycles. The minimum Gasteiger partial charge on any atom is -0.385 e. The van der Waals surface area contributed by atoms with Gasteiger partial charge in [0.1, 0.15) is 6.61 Å². The number of hydrogen-bond donors (Lipinski definition) is 1. The van der Waals surface area contributed by atoms with Gasteiger partial charge in [0.05, 0.1) is 0 Å². The molecule has 1 heteroatoms. The zero-order chi connectivity index (χ0) is 8.10. The Balaban J connectivity index is 3.02. The monoisotopic (exact) mass is 147 g/mol. The highest BCUT2D eigenvalue weighted by atomic mass is 16.3. The average molecular weight is 147 g/mol. The van der Waals surface area contributed by atoms with E-state index in [-0.39, 0.29) is 0 Å². The fourth-order valence-electron chi connectivity index (χ4n) is 0.960. The van der Waals surface area contributed by atoms with Crippen molar-refractivity contribution in [2.45, 2.75) is 6.92 Å². The van der Waals surface area contributed by atoms with Crippen LogP contribution >= 0.6 is 0 Å². The van der Waals surface area contributed by atoms with Crippen LogP contribution in [-0.4, -0.2) is 5.11 Å². The minimum atomic E-state index is 0.852. The Labute approximate surface area is 67.0 Å². The van der Waals surface area contributed by atoms with Crippen molar-refractivity contribution >= 4 is 6.08 Å². The van der Waals surface area contributed by atoms with Crippen molar-refractivity contribution in [2.24, 2.45) is 0 Å². The second kappa shape index (κ2) is 3.94. The summed E-state index contributed by atoms with van der Waals surface area (Å²) in [5.74, 6) is 0. The van der Waals surface area contributed by atoms with Gasteiger partial charge in [-0.25, -0.2) is 0 Å². The van der Waals surface area contributed by atoms with Crippen molar-refractivity contribution < 1.29 is 5.11 Å². The lowest BCUT2D eigenvalue weighted by molar-refractivity contribution is 0.414. The van der Waals surface area contributed by atoms with Gasteiger partial charge in [-0.05, 0) is 18.1 Å². The number of allylic oxidation sites excluding steroid dienone is 1. The van der Waals surface area contributed by atoms with Gasteiger partial charge < -0.3 is 5.11 Å². The van der Waals surface area contributed by atoms with Crippen molar-refractivity contribution in [3.63, 3.8) is 0 Å². The minimum absolute atomic E-state index is 0.852. The highest BCUT2D eigenvalue weighted by molar-refractivity contribution is 5.54. The highest BCUT2D eigenvalue weighted by Crippen LogP contribution is 2.10. The maximum atomic E-state index is 8.79. The maximum absolute atomic E-state index is 8.79. The molecule has 1 aromatic carbocycles. The predicted molar refractivity (Wildman–Crippen MR) is 46.5 cm³/mol. The molecule has 0 bridgehead atoms. The molecule has 0 aliphatic carbocycles. The Bertz CT molecular complexity index is 251. The Hall–Kier alpha value is -1.08. The van der Waals surface area contributed by atoms with E-state index in [9.17, 15) is 0 Å². The Morgan fingerprint density at radius 1 is 1.18 bits per heavy atom. The fourth-order valence-corrected chi connectivity index (χ4v) is 0.960. The lowest BCUT2D eigenvalue weighted by Gasteiger charge is -1.99. The zero-order valence-corrected chi connectivity index (χ0v) is 6.49. The normalized spacial score (nSPS) is 10.7. The number of benzene rings is 1. The molecular weight excluding hydrogens is 136 g/mol. The van der Waals surface area contributed by atoms with Gasteiger partial charge in [0.25, 0.3) is 0 Å². The van der Waals surface area contributed by atoms with Gasteiger partial charge in [0.15, 0.2) is 0 Å². The molecule has 0 atom stereocenters. The maximum Gasteiger partial charge on any atom is 0.110 e. The molecule has 0 saturated heterocycles. The molecule has 0 aliphatic heterocycles. The molecule has 0 spiro atoms. The van der Waals surface area contributed by atoms with Crippen molar-refractivity contribution in [1.82, 2.24) is 0 Å². The molecule has 0 saturated carbocycles. The van der Waals surface area contributed by atoms with Crippen LogP contribution in [0, 0.1) is 6.61 Å². The van der Waals surface area contributed by atoms with E-state index >= 15 is 0 Å². The fraction of sp³-hybridized carbons (Fsp3) is 0.100. The third-order valence-corrected chi connectivity index (χ3v) is 1.48. The van der Waals surface area contributed by atoms with Crippen LogP contribution in [0.15, 0.2) is 30.3 Å². The molecule has 0 fully saturated rings. The molecule has 0 unspecified atom stereocenters. The van der Waals surface area contributed by atoms with Crippen LogP contribution in [0.2, 0.25) is 0 Å². The molecular formula is C10H11O. The molecule has 0 amide bonds. The summed E-state index contributed by atoms with van der Waals surface area (Å²) < 4.78 is 0. The first-order valence-electron chi connectivity index (χ1n) is 3.57. The van der Waals surface area contributed by atoms with Crippen molar-refractivity contribution in [2.75, 3.05) is 0 Å². The van der Waals surface area contributed by atoms with Crippen molar-refractivity contribution in [1.29, 1.82) is 0 Å². The van der Waals surface area contributed by atoms with Gasteiger partial charge in [0, 0.05) is 0 Å². The lowest BCUT2D eigenvalue weighted by atomic mass is 10.1. The van der Waals surface area contributed by atoms with Gasteiger partial charge in [-0.3, -0.25) is 0 Å². The second-order valence-corrected chi connectivity index (χ2v) is 2.26. The Kier molecular flexibility index (Phi) is 2.87. The Morgan fingerprint density at radius 2 is 1.82 bits per heavy atom. The summed E-state index contributed by atoms with van der Waals surface area (Å²) in [6.07, 6.45) is 3.91. The predicted octanol–water partition coefficient (Wildman–Crippen LogP) is 2.60. The molecule has 1 aromatic rings. The van der Waals surface area contributed by atoms with Gasteiger partial charge in [-0.15, -0.1) is 0 Å². The zero-order valence-electron chi connectivity index (χ0n) is 6.49. The first-order valence-corrected chi connectivity index (χ1v) is 3.57. The molecule has 1 radical (unpaired) electrons. The molecule has 1 rings (SSSR count). The highest BCUT2D eigenvalue weighted by Gasteiger charge is 1.94. The smallest absolute Gasteiger partial charge is 0.110 e. The topological polar surface area (TPSA) is 20.2 Å². The molecule has 1 nitrogen and oxygen atoms in total. The first kappa shape index (κ1) is 8.02. The van der Waals surface area contributed by atoms with E-state index in [0.717, 1.165) is 17.7 Å². The summed E-state index contributed by atoms with van der Waals surface area (Å²) in [5.41, 5.74) is 1.89. The van der Waals surface area contributed by atoms with Crippen molar-refractivity contribution in [3.8, 4) is 0 Å². The van der Waals surface area contributed by atoms with Gasteiger partial charge in [-0.1, -0.05) is 36.4 Å². The summed E-state index contributed by atoms with van der Waals surface area (Å²) in [7, 11) is 0. The van der Waals surface area contributed by atoms with E-state index in [4.69, 9.17) is 5.11 Å². The summed E-state index contributed by atoms with van der Waals surface area (Å²) in [6.45, 7) is 3.07. The third-order valence-electron chi connectivity index (χ3n) is 1.48. The first-order chi connectivity index (χ1) is 5.38. The number of hydrogen-bond acceptors (Lipinski definition) is 1. The van der Waals surface area contributed by atoms with Crippen LogP contribution in [0.1, 0.15) is 18.1 Å². The van der Waals surface area contributed by atoms with Crippen LogP contribution in [0.25, 0.3) is 6.08 Å². The molecule has 0 heterocycles. The Morgan fingerprint density at radius 3 is 2.36 bits per heavy atom. The van der Waals surface area contributed by atoms with Gasteiger partial charge in [-0.2, -0.15) is 0 Å². The van der Waals surface area contributed by atoms with Crippen LogP contribution < -0.4 is 0 Å². The van der Waals surface area contributed by atoms with E-state index in [2.05, 4.69) is 0 Å².